The van der Waals surface area contributed by atoms with Gasteiger partial charge in [-0.05, 0) is 24.3 Å². The lowest BCUT2D eigenvalue weighted by molar-refractivity contribution is 0.258. The third kappa shape index (κ3) is 2.62. The van der Waals surface area contributed by atoms with Crippen molar-refractivity contribution in [2.75, 3.05) is 10.3 Å². The summed E-state index contributed by atoms with van der Waals surface area (Å²) in [5.74, 6) is 0. The number of diazo groups is 1. The number of benzene rings is 2. The summed E-state index contributed by atoms with van der Waals surface area (Å²) in [5.41, 5.74) is 1.11. The van der Waals surface area contributed by atoms with Crippen molar-refractivity contribution in [2.24, 2.45) is 0 Å². The Hall–Kier alpha value is -2.87. The van der Waals surface area contributed by atoms with E-state index >= 15 is 0 Å². The lowest BCUT2D eigenvalue weighted by Crippen LogP contribution is -2.28. The van der Waals surface area contributed by atoms with E-state index in [0.29, 0.717) is 11.4 Å². The number of amides is 2. The Kier molecular flexibility index (Phi) is 3.52. The van der Waals surface area contributed by atoms with E-state index < -0.39 is 6.03 Å². The fourth-order valence-corrected chi connectivity index (χ4v) is 1.48. The molecule has 0 aromatic heterocycles. The van der Waals surface area contributed by atoms with Gasteiger partial charge in [-0.2, -0.15) is 0 Å². The molecule has 0 bridgehead atoms. The molecule has 5 nitrogen and oxygen atoms in total. The van der Waals surface area contributed by atoms with Gasteiger partial charge in [-0.1, -0.05) is 36.4 Å². The molecule has 0 radical (unpaired) electrons. The van der Waals surface area contributed by atoms with Gasteiger partial charge in [0.2, 0.25) is 0 Å². The number of nitrogens with zero attached hydrogens (tertiary/aromatic N) is 3. The molecule has 18 heavy (non-hydrogen) atoms. The van der Waals surface area contributed by atoms with Gasteiger partial charge in [0.15, 0.2) is 0 Å². The fourth-order valence-electron chi connectivity index (χ4n) is 1.48. The molecule has 2 rings (SSSR count). The predicted molar refractivity (Wildman–Crippen MR) is 69.5 cm³/mol. The first-order valence-corrected chi connectivity index (χ1v) is 5.37. The highest BCUT2D eigenvalue weighted by molar-refractivity contribution is 6.02. The second-order valence-corrected chi connectivity index (χ2v) is 3.53. The zero-order valence-corrected chi connectivity index (χ0v) is 9.52. The Morgan fingerprint density at radius 1 is 1.00 bits per heavy atom. The van der Waals surface area contributed by atoms with Gasteiger partial charge in [0.05, 0.1) is 5.01 Å². The minimum Gasteiger partial charge on any atom is -0.302 e. The molecule has 88 valence electrons. The number of anilines is 2. The van der Waals surface area contributed by atoms with E-state index in [9.17, 15) is 4.79 Å². The van der Waals surface area contributed by atoms with Crippen LogP contribution in [0.3, 0.4) is 0 Å². The van der Waals surface area contributed by atoms with Gasteiger partial charge in [0.1, 0.15) is 5.69 Å². The Bertz CT molecular complexity index is 563. The first kappa shape index (κ1) is 11.6. The van der Waals surface area contributed by atoms with Gasteiger partial charge in [-0.25, -0.2) is 4.79 Å². The molecule has 2 aromatic carbocycles. The normalized spacial score (nSPS) is 9.28. The van der Waals surface area contributed by atoms with Crippen LogP contribution in [-0.2, 0) is 0 Å². The van der Waals surface area contributed by atoms with Crippen LogP contribution in [0.2, 0.25) is 0 Å². The summed E-state index contributed by atoms with van der Waals surface area (Å²) in [6.45, 7) is 0. The first-order chi connectivity index (χ1) is 8.81. The summed E-state index contributed by atoms with van der Waals surface area (Å²) >= 11 is 0. The molecule has 0 aliphatic heterocycles. The van der Waals surface area contributed by atoms with Crippen LogP contribution in [0, 0.1) is 5.39 Å². The van der Waals surface area contributed by atoms with E-state index in [4.69, 9.17) is 5.39 Å². The zero-order valence-electron chi connectivity index (χ0n) is 9.52. The van der Waals surface area contributed by atoms with Gasteiger partial charge >= 0.3 is 11.1 Å². The molecule has 0 heterocycles. The quantitative estimate of drug-likeness (QED) is 0.644. The number of urea groups is 1. The van der Waals surface area contributed by atoms with Crippen LogP contribution >= 0.6 is 0 Å². The Balaban J connectivity index is 2.15. The number of nitrogens with one attached hydrogen (secondary N) is 1. The summed E-state index contributed by atoms with van der Waals surface area (Å²) in [6.07, 6.45) is 0. The highest BCUT2D eigenvalue weighted by Crippen LogP contribution is 2.15. The van der Waals surface area contributed by atoms with Crippen LogP contribution in [0.15, 0.2) is 60.7 Å². The molecule has 0 saturated carbocycles. The van der Waals surface area contributed by atoms with Gasteiger partial charge < -0.3 is 5.32 Å². The van der Waals surface area contributed by atoms with Crippen molar-refractivity contribution in [3.63, 3.8) is 0 Å². The standard InChI is InChI=1S/C13H10N4O/c14-16-17(12-9-5-2-6-10-12)13(18)15-11-7-3-1-4-8-11/h1-10H/p+1. The third-order valence-electron chi connectivity index (χ3n) is 2.31. The lowest BCUT2D eigenvalue weighted by Gasteiger charge is -2.05. The van der Waals surface area contributed by atoms with Crippen LogP contribution in [0.5, 0.6) is 0 Å². The second kappa shape index (κ2) is 5.46. The summed E-state index contributed by atoms with van der Waals surface area (Å²) < 4.78 is 0. The molecule has 5 heteroatoms. The summed E-state index contributed by atoms with van der Waals surface area (Å²) in [7, 11) is 0. The SMILES string of the molecule is N#[N+]N(C(=O)Nc1ccccc1)c1ccccc1. The van der Waals surface area contributed by atoms with E-state index in [0.717, 1.165) is 5.01 Å². The maximum atomic E-state index is 11.9. The summed E-state index contributed by atoms with van der Waals surface area (Å²) in [6, 6.07) is 17.1. The topological polar surface area (TPSA) is 60.5 Å². The molecular formula is C13H11N4O+. The Morgan fingerprint density at radius 2 is 1.56 bits per heavy atom. The van der Waals surface area contributed by atoms with Crippen LogP contribution in [0.1, 0.15) is 0 Å². The average molecular weight is 239 g/mol. The number of rotatable bonds is 2. The van der Waals surface area contributed by atoms with Crippen molar-refractivity contribution in [3.8, 4) is 0 Å². The third-order valence-corrected chi connectivity index (χ3v) is 2.31. The largest absolute Gasteiger partial charge is 0.401 e. The number of hydrogen-bond donors (Lipinski definition) is 1. The molecule has 2 aromatic rings. The average Bonchev–Trinajstić information content (AvgIpc) is 2.42. The number of hydrogen-bond acceptors (Lipinski definition) is 2. The van der Waals surface area contributed by atoms with E-state index in [2.05, 4.69) is 10.4 Å². The molecule has 0 aliphatic carbocycles. The smallest absolute Gasteiger partial charge is 0.302 e. The van der Waals surface area contributed by atoms with Crippen LogP contribution < -0.4 is 10.3 Å². The molecule has 2 amide bonds. The minimum absolute atomic E-state index is 0.480. The van der Waals surface area contributed by atoms with Gasteiger partial charge in [-0.15, -0.1) is 0 Å². The van der Waals surface area contributed by atoms with Crippen LogP contribution in [0.4, 0.5) is 16.2 Å². The highest BCUT2D eigenvalue weighted by Gasteiger charge is 2.26. The van der Waals surface area contributed by atoms with Crippen molar-refractivity contribution < 1.29 is 4.79 Å². The summed E-state index contributed by atoms with van der Waals surface area (Å²) in [4.78, 5) is 11.9. The number of carbonyl (C=O) groups is 1. The molecule has 0 atom stereocenters. The first-order valence-electron chi connectivity index (χ1n) is 5.37. The molecule has 0 fully saturated rings. The van der Waals surface area contributed by atoms with E-state index in [1.54, 1.807) is 48.5 Å². The minimum atomic E-state index is -0.532. The maximum Gasteiger partial charge on any atom is 0.401 e. The molecule has 0 aliphatic rings. The van der Waals surface area contributed by atoms with Gasteiger partial charge in [0.25, 0.3) is 5.39 Å². The van der Waals surface area contributed by atoms with E-state index in [1.165, 1.54) is 0 Å². The predicted octanol–water partition coefficient (Wildman–Crippen LogP) is 3.49. The molecular weight excluding hydrogens is 228 g/mol. The van der Waals surface area contributed by atoms with Crippen molar-refractivity contribution in [1.29, 1.82) is 5.39 Å². The summed E-state index contributed by atoms with van der Waals surface area (Å²) in [5, 5.41) is 15.4. The molecule has 0 saturated heterocycles. The zero-order chi connectivity index (χ0) is 12.8. The molecule has 1 N–H and O–H groups in total. The van der Waals surface area contributed by atoms with Crippen molar-refractivity contribution in [2.45, 2.75) is 0 Å². The van der Waals surface area contributed by atoms with Crippen LogP contribution in [0.25, 0.3) is 5.08 Å². The highest BCUT2D eigenvalue weighted by atomic mass is 16.2. The fraction of sp³-hybridized carbons (Fsp3) is 0. The van der Waals surface area contributed by atoms with Crippen LogP contribution in [-0.4, -0.2) is 6.03 Å². The Morgan fingerprint density at radius 3 is 2.11 bits per heavy atom. The number of carbonyl (C=O) groups excluding carboxylic acids is 1. The lowest BCUT2D eigenvalue weighted by atomic mass is 10.3. The maximum absolute atomic E-state index is 11.9. The monoisotopic (exact) mass is 239 g/mol. The molecule has 0 unspecified atom stereocenters. The van der Waals surface area contributed by atoms with Crippen molar-refractivity contribution in [1.82, 2.24) is 0 Å². The van der Waals surface area contributed by atoms with E-state index in [-0.39, 0.29) is 0 Å². The van der Waals surface area contributed by atoms with Gasteiger partial charge in [0, 0.05) is 5.69 Å². The van der Waals surface area contributed by atoms with E-state index in [1.807, 2.05) is 12.1 Å². The molecule has 0 spiro atoms. The van der Waals surface area contributed by atoms with Crippen molar-refractivity contribution >= 4 is 17.4 Å². The van der Waals surface area contributed by atoms with Crippen molar-refractivity contribution in [3.05, 3.63) is 65.7 Å². The van der Waals surface area contributed by atoms with Gasteiger partial charge in [-0.3, -0.25) is 0 Å². The second-order valence-electron chi connectivity index (χ2n) is 3.53. The number of para-hydroxylation sites is 2. The Labute approximate surface area is 104 Å².